The number of rotatable bonds is 3. The molecular formula is C15H26N2O3. The molecule has 114 valence electrons. The number of carboxylic acid groups (broad SMARTS) is 1. The van der Waals surface area contributed by atoms with Gasteiger partial charge in [0, 0.05) is 18.6 Å². The van der Waals surface area contributed by atoms with Crippen LogP contribution in [0.1, 0.15) is 58.8 Å². The van der Waals surface area contributed by atoms with Gasteiger partial charge in [0.05, 0.1) is 6.42 Å². The SMILES string of the molecule is CC1(C)CCC(NC(=O)N2CCCC2CC(=O)O)CC1. The number of amides is 2. The van der Waals surface area contributed by atoms with E-state index in [4.69, 9.17) is 5.11 Å². The molecule has 20 heavy (non-hydrogen) atoms. The number of urea groups is 1. The number of hydrogen-bond donors (Lipinski definition) is 2. The van der Waals surface area contributed by atoms with Crippen LogP contribution in [0.4, 0.5) is 4.79 Å². The van der Waals surface area contributed by atoms with Crippen LogP contribution in [0, 0.1) is 5.41 Å². The van der Waals surface area contributed by atoms with Crippen molar-refractivity contribution in [2.45, 2.75) is 70.9 Å². The van der Waals surface area contributed by atoms with E-state index in [1.165, 1.54) is 0 Å². The van der Waals surface area contributed by atoms with E-state index in [0.717, 1.165) is 38.5 Å². The van der Waals surface area contributed by atoms with Crippen molar-refractivity contribution in [1.82, 2.24) is 10.2 Å². The minimum Gasteiger partial charge on any atom is -0.481 e. The summed E-state index contributed by atoms with van der Waals surface area (Å²) in [5, 5.41) is 12.0. The molecule has 5 heteroatoms. The predicted octanol–water partition coefficient (Wildman–Crippen LogP) is 2.60. The van der Waals surface area contributed by atoms with Crippen molar-refractivity contribution in [2.24, 2.45) is 5.41 Å². The Kier molecular flexibility index (Phi) is 4.55. The largest absolute Gasteiger partial charge is 0.481 e. The maximum absolute atomic E-state index is 12.3. The van der Waals surface area contributed by atoms with Gasteiger partial charge in [-0.25, -0.2) is 4.79 Å². The van der Waals surface area contributed by atoms with Gasteiger partial charge in [0.1, 0.15) is 0 Å². The number of nitrogens with one attached hydrogen (secondary N) is 1. The number of aliphatic carboxylic acids is 1. The van der Waals surface area contributed by atoms with Crippen LogP contribution in [-0.2, 0) is 4.79 Å². The zero-order valence-corrected chi connectivity index (χ0v) is 12.5. The minimum absolute atomic E-state index is 0.0606. The van der Waals surface area contributed by atoms with Gasteiger partial charge in [0.2, 0.25) is 0 Å². The van der Waals surface area contributed by atoms with E-state index < -0.39 is 5.97 Å². The molecule has 0 radical (unpaired) electrons. The van der Waals surface area contributed by atoms with E-state index in [9.17, 15) is 9.59 Å². The molecule has 2 fully saturated rings. The van der Waals surface area contributed by atoms with E-state index in [1.54, 1.807) is 4.90 Å². The van der Waals surface area contributed by atoms with Crippen LogP contribution in [0.5, 0.6) is 0 Å². The van der Waals surface area contributed by atoms with Gasteiger partial charge in [0.25, 0.3) is 0 Å². The summed E-state index contributed by atoms with van der Waals surface area (Å²) < 4.78 is 0. The zero-order valence-electron chi connectivity index (χ0n) is 12.5. The van der Waals surface area contributed by atoms with Crippen molar-refractivity contribution in [2.75, 3.05) is 6.54 Å². The van der Waals surface area contributed by atoms with Crippen LogP contribution >= 0.6 is 0 Å². The number of carbonyl (C=O) groups excluding carboxylic acids is 1. The molecule has 1 unspecified atom stereocenters. The van der Waals surface area contributed by atoms with Crippen molar-refractivity contribution in [3.63, 3.8) is 0 Å². The summed E-state index contributed by atoms with van der Waals surface area (Å²) in [6, 6.07) is 0.0487. The van der Waals surface area contributed by atoms with Crippen LogP contribution in [-0.4, -0.2) is 40.6 Å². The van der Waals surface area contributed by atoms with E-state index in [2.05, 4.69) is 19.2 Å². The Morgan fingerprint density at radius 2 is 1.90 bits per heavy atom. The van der Waals surface area contributed by atoms with Crippen LogP contribution in [0.15, 0.2) is 0 Å². The fourth-order valence-corrected chi connectivity index (χ4v) is 3.32. The van der Waals surface area contributed by atoms with E-state index in [0.29, 0.717) is 12.0 Å². The van der Waals surface area contributed by atoms with Gasteiger partial charge in [-0.3, -0.25) is 4.79 Å². The highest BCUT2D eigenvalue weighted by Gasteiger charge is 2.33. The molecule has 1 atom stereocenters. The van der Waals surface area contributed by atoms with Crippen molar-refractivity contribution in [3.05, 3.63) is 0 Å². The Balaban J connectivity index is 1.84. The molecule has 0 aromatic carbocycles. The summed E-state index contributed by atoms with van der Waals surface area (Å²) in [7, 11) is 0. The fourth-order valence-electron chi connectivity index (χ4n) is 3.32. The number of carboxylic acids is 1. The topological polar surface area (TPSA) is 69.6 Å². The fraction of sp³-hybridized carbons (Fsp3) is 0.867. The molecule has 0 spiro atoms. The lowest BCUT2D eigenvalue weighted by atomic mass is 9.75. The quantitative estimate of drug-likeness (QED) is 0.836. The molecule has 1 saturated heterocycles. The molecule has 2 aliphatic rings. The second-order valence-corrected chi connectivity index (χ2v) is 6.98. The van der Waals surface area contributed by atoms with Gasteiger partial charge in [0.15, 0.2) is 0 Å². The molecule has 1 saturated carbocycles. The Labute approximate surface area is 120 Å². The molecule has 1 heterocycles. The molecule has 2 N–H and O–H groups in total. The Morgan fingerprint density at radius 3 is 2.50 bits per heavy atom. The highest BCUT2D eigenvalue weighted by Crippen LogP contribution is 2.35. The summed E-state index contributed by atoms with van der Waals surface area (Å²) in [5.41, 5.74) is 0.390. The summed E-state index contributed by atoms with van der Waals surface area (Å²) in [6.07, 6.45) is 6.09. The van der Waals surface area contributed by atoms with Gasteiger partial charge < -0.3 is 15.3 Å². The molecule has 2 rings (SSSR count). The third-order valence-electron chi connectivity index (χ3n) is 4.71. The van der Waals surface area contributed by atoms with Gasteiger partial charge in [-0.1, -0.05) is 13.8 Å². The monoisotopic (exact) mass is 282 g/mol. The first-order valence-corrected chi connectivity index (χ1v) is 7.66. The molecule has 1 aliphatic carbocycles. The first kappa shape index (κ1) is 15.1. The summed E-state index contributed by atoms with van der Waals surface area (Å²) in [4.78, 5) is 24.8. The van der Waals surface area contributed by atoms with E-state index in [1.807, 2.05) is 0 Å². The van der Waals surface area contributed by atoms with Crippen LogP contribution in [0.2, 0.25) is 0 Å². The van der Waals surface area contributed by atoms with Gasteiger partial charge in [-0.2, -0.15) is 0 Å². The lowest BCUT2D eigenvalue weighted by Crippen LogP contribution is -2.48. The highest BCUT2D eigenvalue weighted by atomic mass is 16.4. The second kappa shape index (κ2) is 6.02. The molecule has 5 nitrogen and oxygen atoms in total. The average Bonchev–Trinajstić information content (AvgIpc) is 2.79. The maximum Gasteiger partial charge on any atom is 0.317 e. The van der Waals surface area contributed by atoms with Crippen LogP contribution in [0.25, 0.3) is 0 Å². The molecule has 1 aliphatic heterocycles. The van der Waals surface area contributed by atoms with Crippen LogP contribution in [0.3, 0.4) is 0 Å². The van der Waals surface area contributed by atoms with Crippen molar-refractivity contribution in [1.29, 1.82) is 0 Å². The van der Waals surface area contributed by atoms with Gasteiger partial charge >= 0.3 is 12.0 Å². The highest BCUT2D eigenvalue weighted by molar-refractivity contribution is 5.76. The zero-order chi connectivity index (χ0) is 14.8. The summed E-state index contributed by atoms with van der Waals surface area (Å²) in [6.45, 7) is 5.23. The summed E-state index contributed by atoms with van der Waals surface area (Å²) >= 11 is 0. The minimum atomic E-state index is -0.825. The Morgan fingerprint density at radius 1 is 1.25 bits per heavy atom. The lowest BCUT2D eigenvalue weighted by molar-refractivity contribution is -0.137. The first-order chi connectivity index (χ1) is 9.37. The first-order valence-electron chi connectivity index (χ1n) is 7.66. The van der Waals surface area contributed by atoms with Gasteiger partial charge in [-0.15, -0.1) is 0 Å². The van der Waals surface area contributed by atoms with E-state index >= 15 is 0 Å². The smallest absolute Gasteiger partial charge is 0.317 e. The van der Waals surface area contributed by atoms with Crippen molar-refractivity contribution < 1.29 is 14.7 Å². The van der Waals surface area contributed by atoms with Crippen molar-refractivity contribution in [3.8, 4) is 0 Å². The summed E-state index contributed by atoms with van der Waals surface area (Å²) in [5.74, 6) is -0.825. The Hall–Kier alpha value is -1.26. The lowest BCUT2D eigenvalue weighted by Gasteiger charge is -2.35. The van der Waals surface area contributed by atoms with E-state index in [-0.39, 0.29) is 24.5 Å². The normalized spacial score (nSPS) is 26.5. The molecular weight excluding hydrogens is 256 g/mol. The van der Waals surface area contributed by atoms with Crippen LogP contribution < -0.4 is 5.32 Å². The number of carbonyl (C=O) groups is 2. The average molecular weight is 282 g/mol. The molecule has 2 amide bonds. The Bertz CT molecular complexity index is 371. The van der Waals surface area contributed by atoms with Gasteiger partial charge in [-0.05, 0) is 43.9 Å². The number of nitrogens with zero attached hydrogens (tertiary/aromatic N) is 1. The molecule has 0 aromatic heterocycles. The third-order valence-corrected chi connectivity index (χ3v) is 4.71. The molecule has 0 bridgehead atoms. The number of hydrogen-bond acceptors (Lipinski definition) is 2. The standard InChI is InChI=1S/C15H26N2O3/c1-15(2)7-5-11(6-8-15)16-14(20)17-9-3-4-12(17)10-13(18)19/h11-12H,3-10H2,1-2H3,(H,16,20)(H,18,19). The van der Waals surface area contributed by atoms with Crippen molar-refractivity contribution >= 4 is 12.0 Å². The predicted molar refractivity (Wildman–Crippen MR) is 76.5 cm³/mol. The number of likely N-dealkylation sites (tertiary alicyclic amines) is 1. The maximum atomic E-state index is 12.3. The second-order valence-electron chi connectivity index (χ2n) is 6.98. The molecule has 0 aromatic rings. The third kappa shape index (κ3) is 3.87.